The monoisotopic (exact) mass is 362 g/mol. The lowest BCUT2D eigenvalue weighted by Gasteiger charge is -2.22. The van der Waals surface area contributed by atoms with Gasteiger partial charge in [-0.1, -0.05) is 6.92 Å². The van der Waals surface area contributed by atoms with Gasteiger partial charge in [0.2, 0.25) is 5.91 Å². The number of likely N-dealkylation sites (N-methyl/N-ethyl adjacent to an activating group) is 1. The molecule has 1 aliphatic heterocycles. The molecule has 2 N–H and O–H groups in total. The van der Waals surface area contributed by atoms with Crippen molar-refractivity contribution in [2.75, 3.05) is 25.0 Å². The normalized spacial score (nSPS) is 17.6. The molecule has 0 radical (unpaired) electrons. The Bertz CT molecular complexity index is 713. The van der Waals surface area contributed by atoms with Crippen LogP contribution in [0.4, 0.5) is 5.13 Å². The van der Waals surface area contributed by atoms with Crippen LogP contribution in [0, 0.1) is 0 Å². The number of furan rings is 1. The summed E-state index contributed by atoms with van der Waals surface area (Å²) in [6, 6.07) is 3.67. The van der Waals surface area contributed by atoms with Crippen LogP contribution in [0.25, 0.3) is 0 Å². The van der Waals surface area contributed by atoms with Crippen molar-refractivity contribution in [1.82, 2.24) is 15.2 Å². The molecule has 1 unspecified atom stereocenters. The number of likely N-dealkylation sites (tertiary alicyclic amines) is 1. The predicted octanol–water partition coefficient (Wildman–Crippen LogP) is 2.13. The number of anilines is 1. The van der Waals surface area contributed by atoms with E-state index < -0.39 is 0 Å². The van der Waals surface area contributed by atoms with Crippen molar-refractivity contribution in [2.24, 2.45) is 0 Å². The van der Waals surface area contributed by atoms with Crippen LogP contribution >= 0.6 is 11.3 Å². The van der Waals surface area contributed by atoms with E-state index in [-0.39, 0.29) is 24.0 Å². The highest BCUT2D eigenvalue weighted by Crippen LogP contribution is 2.18. The number of carbonyl (C=O) groups excluding carboxylic acids is 2. The third-order valence-corrected chi connectivity index (χ3v) is 5.11. The average molecular weight is 362 g/mol. The van der Waals surface area contributed by atoms with Crippen LogP contribution in [-0.2, 0) is 11.2 Å². The van der Waals surface area contributed by atoms with Gasteiger partial charge in [0.1, 0.15) is 0 Å². The fourth-order valence-electron chi connectivity index (χ4n) is 3.01. The minimum absolute atomic E-state index is 0.0443. The second-order valence-corrected chi connectivity index (χ2v) is 6.84. The van der Waals surface area contributed by atoms with Crippen LogP contribution in [0.5, 0.6) is 0 Å². The van der Waals surface area contributed by atoms with Crippen LogP contribution in [0.15, 0.2) is 28.2 Å². The summed E-state index contributed by atoms with van der Waals surface area (Å²) in [5, 5.41) is 7.89. The number of hydrogen-bond acceptors (Lipinski definition) is 6. The number of carbonyl (C=O) groups is 2. The molecule has 0 saturated carbocycles. The Labute approximate surface area is 150 Å². The smallest absolute Gasteiger partial charge is 0.293 e. The molecule has 8 heteroatoms. The molecule has 0 aliphatic carbocycles. The number of amides is 2. The SMILES string of the molecule is CCN1CCCC1CNC(=O)Cc1csc(NC(=O)c2ccco2)n1. The number of thiazole rings is 1. The molecule has 2 aromatic rings. The zero-order valence-electron chi connectivity index (χ0n) is 14.2. The maximum Gasteiger partial charge on any atom is 0.293 e. The Morgan fingerprint density at radius 3 is 3.12 bits per heavy atom. The highest BCUT2D eigenvalue weighted by atomic mass is 32.1. The summed E-state index contributed by atoms with van der Waals surface area (Å²) in [7, 11) is 0. The van der Waals surface area contributed by atoms with E-state index in [1.54, 1.807) is 17.5 Å². The molecule has 2 aromatic heterocycles. The minimum atomic E-state index is -0.351. The number of nitrogens with one attached hydrogen (secondary N) is 2. The number of nitrogens with zero attached hydrogens (tertiary/aromatic N) is 2. The van der Waals surface area contributed by atoms with Crippen LogP contribution < -0.4 is 10.6 Å². The van der Waals surface area contributed by atoms with E-state index in [1.807, 2.05) is 0 Å². The Hall–Kier alpha value is -2.19. The Morgan fingerprint density at radius 2 is 2.36 bits per heavy atom. The van der Waals surface area contributed by atoms with Crippen molar-refractivity contribution in [3.8, 4) is 0 Å². The van der Waals surface area contributed by atoms with Crippen molar-refractivity contribution in [3.63, 3.8) is 0 Å². The summed E-state index contributed by atoms with van der Waals surface area (Å²) in [4.78, 5) is 30.7. The Balaban J connectivity index is 1.46. The summed E-state index contributed by atoms with van der Waals surface area (Å²) in [5.74, 6) is -0.167. The molecule has 0 aromatic carbocycles. The number of aromatic nitrogens is 1. The first-order valence-electron chi connectivity index (χ1n) is 8.45. The van der Waals surface area contributed by atoms with Crippen LogP contribution in [0.3, 0.4) is 0 Å². The summed E-state index contributed by atoms with van der Waals surface area (Å²) < 4.78 is 5.03. The van der Waals surface area contributed by atoms with Crippen molar-refractivity contribution >= 4 is 28.3 Å². The first-order chi connectivity index (χ1) is 12.2. The third-order valence-electron chi connectivity index (χ3n) is 4.30. The van der Waals surface area contributed by atoms with Gasteiger partial charge in [0.15, 0.2) is 10.9 Å². The topological polar surface area (TPSA) is 87.5 Å². The fraction of sp³-hybridized carbons (Fsp3) is 0.471. The molecule has 1 fully saturated rings. The van der Waals surface area contributed by atoms with E-state index in [0.29, 0.717) is 23.4 Å². The largest absolute Gasteiger partial charge is 0.459 e. The van der Waals surface area contributed by atoms with E-state index in [4.69, 9.17) is 4.42 Å². The van der Waals surface area contributed by atoms with Crippen LogP contribution in [0.1, 0.15) is 36.0 Å². The van der Waals surface area contributed by atoms with E-state index in [1.165, 1.54) is 24.0 Å². The van der Waals surface area contributed by atoms with Gasteiger partial charge in [-0.05, 0) is 38.1 Å². The minimum Gasteiger partial charge on any atom is -0.459 e. The lowest BCUT2D eigenvalue weighted by molar-refractivity contribution is -0.120. The molecule has 134 valence electrons. The van der Waals surface area contributed by atoms with E-state index in [9.17, 15) is 9.59 Å². The van der Waals surface area contributed by atoms with Gasteiger partial charge in [-0.2, -0.15) is 0 Å². The lowest BCUT2D eigenvalue weighted by atomic mass is 10.2. The van der Waals surface area contributed by atoms with Gasteiger partial charge in [-0.15, -0.1) is 11.3 Å². The predicted molar refractivity (Wildman–Crippen MR) is 95.8 cm³/mol. The van der Waals surface area contributed by atoms with Crippen LogP contribution in [0.2, 0.25) is 0 Å². The van der Waals surface area contributed by atoms with Crippen molar-refractivity contribution < 1.29 is 14.0 Å². The lowest BCUT2D eigenvalue weighted by Crippen LogP contribution is -2.40. The van der Waals surface area contributed by atoms with Gasteiger partial charge in [0.25, 0.3) is 5.91 Å². The maximum atomic E-state index is 12.1. The molecular formula is C17H22N4O3S. The Kier molecular flexibility index (Phi) is 5.83. The summed E-state index contributed by atoms with van der Waals surface area (Å²) in [6.45, 7) is 4.96. The first kappa shape index (κ1) is 17.6. The molecule has 25 heavy (non-hydrogen) atoms. The van der Waals surface area contributed by atoms with Crippen LogP contribution in [-0.4, -0.2) is 47.4 Å². The van der Waals surface area contributed by atoms with E-state index >= 15 is 0 Å². The highest BCUT2D eigenvalue weighted by Gasteiger charge is 2.23. The standard InChI is InChI=1S/C17H22N4O3S/c1-2-21-7-3-5-13(21)10-18-15(22)9-12-11-25-17(19-12)20-16(23)14-6-4-8-24-14/h4,6,8,11,13H,2-3,5,7,9-10H2,1H3,(H,18,22)(H,19,20,23). The molecule has 1 atom stereocenters. The molecule has 3 rings (SSSR count). The summed E-state index contributed by atoms with van der Waals surface area (Å²) >= 11 is 1.29. The van der Waals surface area contributed by atoms with Gasteiger partial charge >= 0.3 is 0 Å². The molecular weight excluding hydrogens is 340 g/mol. The second kappa shape index (κ2) is 8.26. The van der Waals surface area contributed by atoms with Gasteiger partial charge < -0.3 is 9.73 Å². The fourth-order valence-corrected chi connectivity index (χ4v) is 3.72. The summed E-state index contributed by atoms with van der Waals surface area (Å²) in [6.07, 6.45) is 3.98. The van der Waals surface area contributed by atoms with Gasteiger partial charge in [-0.3, -0.25) is 19.8 Å². The molecule has 1 saturated heterocycles. The van der Waals surface area contributed by atoms with Crippen molar-refractivity contribution in [3.05, 3.63) is 35.2 Å². The van der Waals surface area contributed by atoms with Gasteiger partial charge in [-0.25, -0.2) is 4.98 Å². The zero-order valence-corrected chi connectivity index (χ0v) is 15.0. The first-order valence-corrected chi connectivity index (χ1v) is 9.33. The molecule has 0 bridgehead atoms. The second-order valence-electron chi connectivity index (χ2n) is 5.98. The Morgan fingerprint density at radius 1 is 1.48 bits per heavy atom. The third kappa shape index (κ3) is 4.67. The quantitative estimate of drug-likeness (QED) is 0.788. The van der Waals surface area contributed by atoms with Gasteiger partial charge in [0.05, 0.1) is 18.4 Å². The zero-order chi connectivity index (χ0) is 17.6. The number of hydrogen-bond donors (Lipinski definition) is 2. The highest BCUT2D eigenvalue weighted by molar-refractivity contribution is 7.14. The van der Waals surface area contributed by atoms with E-state index in [2.05, 4.69) is 27.4 Å². The maximum absolute atomic E-state index is 12.1. The average Bonchev–Trinajstić information content (AvgIpc) is 3.34. The molecule has 7 nitrogen and oxygen atoms in total. The summed E-state index contributed by atoms with van der Waals surface area (Å²) in [5.41, 5.74) is 0.649. The van der Waals surface area contributed by atoms with E-state index in [0.717, 1.165) is 19.5 Å². The molecule has 2 amide bonds. The molecule has 0 spiro atoms. The van der Waals surface area contributed by atoms with Gasteiger partial charge in [0, 0.05) is 18.0 Å². The number of rotatable bonds is 7. The molecule has 1 aliphatic rings. The van der Waals surface area contributed by atoms with Crippen molar-refractivity contribution in [2.45, 2.75) is 32.2 Å². The molecule has 3 heterocycles. The van der Waals surface area contributed by atoms with Crippen molar-refractivity contribution in [1.29, 1.82) is 0 Å².